The van der Waals surface area contributed by atoms with Crippen molar-refractivity contribution < 1.29 is 4.79 Å². The number of pyridine rings is 1. The van der Waals surface area contributed by atoms with Gasteiger partial charge in [0, 0.05) is 50.9 Å². The number of nitrogens with zero attached hydrogens (tertiary/aromatic N) is 4. The summed E-state index contributed by atoms with van der Waals surface area (Å²) in [5.41, 5.74) is 2.75. The fraction of sp³-hybridized carbons (Fsp3) is 0.545. The number of fused-ring (bicyclic) bond motifs is 1. The van der Waals surface area contributed by atoms with Crippen LogP contribution in [0, 0.1) is 5.92 Å². The van der Waals surface area contributed by atoms with Crippen LogP contribution in [0.4, 0.5) is 0 Å². The average molecular weight is 393 g/mol. The van der Waals surface area contributed by atoms with Gasteiger partial charge in [-0.3, -0.25) is 19.5 Å². The zero-order valence-electron chi connectivity index (χ0n) is 16.6. The van der Waals surface area contributed by atoms with E-state index in [9.17, 15) is 9.59 Å². The Kier molecular flexibility index (Phi) is 4.91. The number of likely N-dealkylation sites (tertiary alicyclic amines) is 1. The molecular formula is C22H27N5O2. The molecule has 0 unspecified atom stereocenters. The maximum absolute atomic E-state index is 12.9. The predicted molar refractivity (Wildman–Crippen MR) is 108 cm³/mol. The second kappa shape index (κ2) is 7.71. The highest BCUT2D eigenvalue weighted by Gasteiger charge is 2.37. The number of rotatable bonds is 4. The molecule has 152 valence electrons. The molecule has 1 N–H and O–H groups in total. The molecule has 7 heteroatoms. The van der Waals surface area contributed by atoms with Crippen LogP contribution in [-0.2, 0) is 24.3 Å². The van der Waals surface area contributed by atoms with Gasteiger partial charge in [0.1, 0.15) is 5.82 Å². The molecule has 5 rings (SSSR count). The highest BCUT2D eigenvalue weighted by Crippen LogP contribution is 2.36. The van der Waals surface area contributed by atoms with E-state index >= 15 is 0 Å². The molecular weight excluding hydrogens is 366 g/mol. The van der Waals surface area contributed by atoms with Gasteiger partial charge < -0.3 is 9.88 Å². The maximum Gasteiger partial charge on any atom is 0.255 e. The number of H-pyrrole nitrogens is 1. The van der Waals surface area contributed by atoms with E-state index in [2.05, 4.69) is 20.9 Å². The Morgan fingerprint density at radius 1 is 1.21 bits per heavy atom. The van der Waals surface area contributed by atoms with Crippen LogP contribution in [0.1, 0.15) is 60.8 Å². The van der Waals surface area contributed by atoms with Crippen molar-refractivity contribution in [3.05, 3.63) is 57.5 Å². The van der Waals surface area contributed by atoms with E-state index in [0.717, 1.165) is 75.0 Å². The van der Waals surface area contributed by atoms with Gasteiger partial charge in [-0.25, -0.2) is 4.98 Å². The number of amides is 1. The highest BCUT2D eigenvalue weighted by atomic mass is 16.2. The van der Waals surface area contributed by atoms with Gasteiger partial charge in [0.25, 0.3) is 5.56 Å². The van der Waals surface area contributed by atoms with Gasteiger partial charge in [0.15, 0.2) is 0 Å². The first kappa shape index (κ1) is 18.5. The van der Waals surface area contributed by atoms with E-state index in [4.69, 9.17) is 4.98 Å². The molecule has 7 nitrogen and oxygen atoms in total. The van der Waals surface area contributed by atoms with Gasteiger partial charge in [0.05, 0.1) is 17.3 Å². The summed E-state index contributed by atoms with van der Waals surface area (Å²) in [6, 6.07) is 3.92. The second-order valence-electron chi connectivity index (χ2n) is 8.52. The third kappa shape index (κ3) is 3.59. The van der Waals surface area contributed by atoms with Crippen molar-refractivity contribution in [2.75, 3.05) is 13.1 Å². The van der Waals surface area contributed by atoms with Crippen LogP contribution < -0.4 is 5.56 Å². The SMILES string of the molecule is O=C(C1CCC1)N1CCC[C@H]1c1nc2c(c(=O)[nH]1)CN(Cc1cccnc1)CC2. The lowest BCUT2D eigenvalue weighted by molar-refractivity contribution is -0.139. The molecule has 1 amide bonds. The molecule has 1 aliphatic carbocycles. The maximum atomic E-state index is 12.9. The van der Waals surface area contributed by atoms with Crippen LogP contribution in [0.5, 0.6) is 0 Å². The van der Waals surface area contributed by atoms with Crippen molar-refractivity contribution in [2.45, 2.75) is 57.7 Å². The number of hydrogen-bond acceptors (Lipinski definition) is 5. The number of nitrogens with one attached hydrogen (secondary N) is 1. The van der Waals surface area contributed by atoms with E-state index in [-0.39, 0.29) is 23.4 Å². The van der Waals surface area contributed by atoms with Crippen LogP contribution in [-0.4, -0.2) is 43.7 Å². The first-order valence-electron chi connectivity index (χ1n) is 10.7. The lowest BCUT2D eigenvalue weighted by Gasteiger charge is -2.33. The van der Waals surface area contributed by atoms with E-state index in [0.29, 0.717) is 12.4 Å². The van der Waals surface area contributed by atoms with E-state index < -0.39 is 0 Å². The Bertz CT molecular complexity index is 953. The van der Waals surface area contributed by atoms with Gasteiger partial charge in [-0.1, -0.05) is 12.5 Å². The van der Waals surface area contributed by atoms with Crippen LogP contribution in [0.25, 0.3) is 0 Å². The number of aromatic amines is 1. The zero-order chi connectivity index (χ0) is 19.8. The van der Waals surface area contributed by atoms with E-state index in [1.54, 1.807) is 6.20 Å². The quantitative estimate of drug-likeness (QED) is 0.861. The third-order valence-corrected chi connectivity index (χ3v) is 6.60. The first-order chi connectivity index (χ1) is 14.2. The Balaban J connectivity index is 1.35. The fourth-order valence-electron chi connectivity index (χ4n) is 4.75. The Hall–Kier alpha value is -2.54. The summed E-state index contributed by atoms with van der Waals surface area (Å²) in [6.45, 7) is 3.02. The smallest absolute Gasteiger partial charge is 0.255 e. The number of aromatic nitrogens is 3. The standard InChI is InChI=1S/C22H27N5O2/c28-21-17-14-26(13-15-4-2-9-23-12-15)11-8-18(17)24-20(25-21)19-7-3-10-27(19)22(29)16-5-1-6-16/h2,4,9,12,16,19H,1,3,5-8,10-11,13-14H2,(H,24,25,28)/t19-/m0/s1. The molecule has 1 atom stereocenters. The minimum Gasteiger partial charge on any atom is -0.332 e. The minimum absolute atomic E-state index is 0.0520. The molecule has 0 aromatic carbocycles. The molecule has 2 aromatic rings. The summed E-state index contributed by atoms with van der Waals surface area (Å²) in [5, 5.41) is 0. The fourth-order valence-corrected chi connectivity index (χ4v) is 4.75. The Morgan fingerprint density at radius 2 is 2.10 bits per heavy atom. The van der Waals surface area contributed by atoms with Gasteiger partial charge in [-0.05, 0) is 37.3 Å². The normalized spacial score (nSPS) is 22.3. The molecule has 0 radical (unpaired) electrons. The minimum atomic E-state index is -0.0745. The largest absolute Gasteiger partial charge is 0.332 e. The molecule has 0 bridgehead atoms. The van der Waals surface area contributed by atoms with Crippen molar-refractivity contribution in [3.63, 3.8) is 0 Å². The summed E-state index contributed by atoms with van der Waals surface area (Å²) in [5.74, 6) is 1.11. The lowest BCUT2D eigenvalue weighted by Crippen LogP contribution is -2.40. The van der Waals surface area contributed by atoms with Crippen LogP contribution in [0.3, 0.4) is 0 Å². The van der Waals surface area contributed by atoms with Crippen molar-refractivity contribution >= 4 is 5.91 Å². The molecule has 3 aliphatic rings. The molecule has 1 saturated carbocycles. The van der Waals surface area contributed by atoms with Crippen LogP contribution >= 0.6 is 0 Å². The van der Waals surface area contributed by atoms with Gasteiger partial charge in [0.2, 0.25) is 5.91 Å². The van der Waals surface area contributed by atoms with E-state index in [1.807, 2.05) is 17.2 Å². The number of hydrogen-bond donors (Lipinski definition) is 1. The molecule has 2 aromatic heterocycles. The van der Waals surface area contributed by atoms with Gasteiger partial charge in [-0.2, -0.15) is 0 Å². The lowest BCUT2D eigenvalue weighted by atomic mass is 9.84. The van der Waals surface area contributed by atoms with E-state index in [1.165, 1.54) is 0 Å². The first-order valence-corrected chi connectivity index (χ1v) is 10.7. The summed E-state index contributed by atoms with van der Waals surface area (Å²) < 4.78 is 0. The van der Waals surface area contributed by atoms with Crippen LogP contribution in [0.2, 0.25) is 0 Å². The van der Waals surface area contributed by atoms with Crippen molar-refractivity contribution in [1.82, 2.24) is 24.8 Å². The highest BCUT2D eigenvalue weighted by molar-refractivity contribution is 5.80. The summed E-state index contributed by atoms with van der Waals surface area (Å²) in [4.78, 5) is 41.9. The number of carbonyl (C=O) groups is 1. The molecule has 29 heavy (non-hydrogen) atoms. The van der Waals surface area contributed by atoms with Gasteiger partial charge >= 0.3 is 0 Å². The molecule has 0 spiro atoms. The topological polar surface area (TPSA) is 82.2 Å². The van der Waals surface area contributed by atoms with Crippen molar-refractivity contribution in [1.29, 1.82) is 0 Å². The summed E-state index contributed by atoms with van der Waals surface area (Å²) in [7, 11) is 0. The Morgan fingerprint density at radius 3 is 2.86 bits per heavy atom. The summed E-state index contributed by atoms with van der Waals surface area (Å²) >= 11 is 0. The molecule has 1 saturated heterocycles. The predicted octanol–water partition coefficient (Wildman–Crippen LogP) is 2.19. The molecule has 2 aliphatic heterocycles. The second-order valence-corrected chi connectivity index (χ2v) is 8.52. The average Bonchev–Trinajstić information content (AvgIpc) is 3.18. The zero-order valence-corrected chi connectivity index (χ0v) is 16.6. The third-order valence-electron chi connectivity index (χ3n) is 6.60. The monoisotopic (exact) mass is 393 g/mol. The Labute approximate surface area is 170 Å². The molecule has 4 heterocycles. The molecule has 2 fully saturated rings. The summed E-state index contributed by atoms with van der Waals surface area (Å²) in [6.07, 6.45) is 9.41. The van der Waals surface area contributed by atoms with Crippen LogP contribution in [0.15, 0.2) is 29.3 Å². The number of carbonyl (C=O) groups excluding carboxylic acids is 1. The van der Waals surface area contributed by atoms with Crippen molar-refractivity contribution in [2.24, 2.45) is 5.92 Å². The van der Waals surface area contributed by atoms with Crippen molar-refractivity contribution in [3.8, 4) is 0 Å². The van der Waals surface area contributed by atoms with Gasteiger partial charge in [-0.15, -0.1) is 0 Å².